The second kappa shape index (κ2) is 9.97. The van der Waals surface area contributed by atoms with Crippen LogP contribution in [0.2, 0.25) is 0 Å². The number of carbonyl (C=O) groups is 1. The Hall–Kier alpha value is -2.94. The Morgan fingerprint density at radius 3 is 2.40 bits per heavy atom. The summed E-state index contributed by atoms with van der Waals surface area (Å²) in [5.41, 5.74) is 3.97. The molecule has 0 bridgehead atoms. The Morgan fingerprint density at radius 1 is 0.914 bits per heavy atom. The summed E-state index contributed by atoms with van der Waals surface area (Å²) in [5.74, 6) is -0.113. The van der Waals surface area contributed by atoms with Gasteiger partial charge in [0.15, 0.2) is 0 Å². The van der Waals surface area contributed by atoms with Crippen molar-refractivity contribution in [1.29, 1.82) is 0 Å². The van der Waals surface area contributed by atoms with Gasteiger partial charge in [0, 0.05) is 18.8 Å². The molecule has 0 aliphatic carbocycles. The highest BCUT2D eigenvalue weighted by Gasteiger charge is 2.33. The number of aromatic nitrogens is 1. The van der Waals surface area contributed by atoms with E-state index in [0.29, 0.717) is 31.5 Å². The minimum absolute atomic E-state index is 0.0907. The van der Waals surface area contributed by atoms with Crippen LogP contribution >= 0.6 is 35.3 Å². The Kier molecular flexibility index (Phi) is 6.77. The van der Waals surface area contributed by atoms with Crippen LogP contribution in [0.1, 0.15) is 31.4 Å². The number of fused-ring (bicyclic) bond motifs is 1. The number of para-hydroxylation sites is 1. The van der Waals surface area contributed by atoms with Crippen LogP contribution < -0.4 is 19.7 Å². The third kappa shape index (κ3) is 4.30. The second-order valence-corrected chi connectivity index (χ2v) is 10.9. The maximum absolute atomic E-state index is 13.9. The van der Waals surface area contributed by atoms with Crippen LogP contribution in [-0.2, 0) is 11.3 Å². The molecule has 0 atom stereocenters. The number of thiocarbonyl (C=S) groups is 1. The number of likely N-dealkylation sites (N-methyl/N-ethyl adjacent to an activating group) is 1. The first-order valence-electron chi connectivity index (χ1n) is 11.6. The molecule has 3 heterocycles. The first-order valence-corrected chi connectivity index (χ1v) is 13.7. The summed E-state index contributed by atoms with van der Waals surface area (Å²) in [7, 11) is 0. The van der Waals surface area contributed by atoms with Gasteiger partial charge in [-0.15, -0.1) is 11.3 Å². The van der Waals surface area contributed by atoms with Gasteiger partial charge in [0.05, 0.1) is 12.2 Å². The Bertz CT molecular complexity index is 1520. The van der Waals surface area contributed by atoms with Gasteiger partial charge in [-0.2, -0.15) is 0 Å². The monoisotopic (exact) mass is 519 g/mol. The largest absolute Gasteiger partial charge is 0.340 e. The van der Waals surface area contributed by atoms with Crippen molar-refractivity contribution >= 4 is 67.9 Å². The molecular weight excluding hydrogens is 495 g/mol. The first-order chi connectivity index (χ1) is 17.0. The molecule has 8 heteroatoms. The molecule has 2 aliphatic rings. The summed E-state index contributed by atoms with van der Waals surface area (Å²) in [4.78, 5) is 31.6. The summed E-state index contributed by atoms with van der Waals surface area (Å²) in [5, 5.41) is 0. The van der Waals surface area contributed by atoms with Crippen molar-refractivity contribution in [3.05, 3.63) is 91.3 Å². The number of amides is 1. The lowest BCUT2D eigenvalue weighted by atomic mass is 10.1. The Labute approximate surface area is 217 Å². The van der Waals surface area contributed by atoms with Crippen molar-refractivity contribution in [2.24, 2.45) is 0 Å². The topological polar surface area (TPSA) is 45.6 Å². The van der Waals surface area contributed by atoms with E-state index in [0.717, 1.165) is 35.5 Å². The van der Waals surface area contributed by atoms with E-state index in [4.69, 9.17) is 12.2 Å². The molecule has 1 amide bonds. The van der Waals surface area contributed by atoms with Crippen LogP contribution in [-0.4, -0.2) is 32.8 Å². The van der Waals surface area contributed by atoms with Gasteiger partial charge < -0.3 is 4.90 Å². The normalized spacial score (nSPS) is 18.5. The molecule has 0 radical (unpaired) electrons. The van der Waals surface area contributed by atoms with Crippen molar-refractivity contribution < 1.29 is 4.79 Å². The van der Waals surface area contributed by atoms with Gasteiger partial charge >= 0.3 is 0 Å². The predicted octanol–water partition coefficient (Wildman–Crippen LogP) is 4.00. The van der Waals surface area contributed by atoms with Crippen LogP contribution in [0.15, 0.2) is 65.5 Å². The Morgan fingerprint density at radius 2 is 1.66 bits per heavy atom. The van der Waals surface area contributed by atoms with Gasteiger partial charge in [-0.25, -0.2) is 0 Å². The molecular formula is C27H25N3O2S3. The summed E-state index contributed by atoms with van der Waals surface area (Å²) < 4.78 is 3.59. The molecule has 0 saturated carbocycles. The fraction of sp³-hybridized carbons (Fsp3) is 0.222. The van der Waals surface area contributed by atoms with Gasteiger partial charge in [0.1, 0.15) is 18.4 Å². The van der Waals surface area contributed by atoms with Gasteiger partial charge in [0.25, 0.3) is 11.5 Å². The van der Waals surface area contributed by atoms with Crippen LogP contribution in [0, 0.1) is 0 Å². The average molecular weight is 520 g/mol. The molecule has 0 unspecified atom stereocenters. The summed E-state index contributed by atoms with van der Waals surface area (Å²) in [6.07, 6.45) is 4.88. The molecule has 5 nitrogen and oxygen atoms in total. The van der Waals surface area contributed by atoms with Crippen LogP contribution in [0.5, 0.6) is 0 Å². The summed E-state index contributed by atoms with van der Waals surface area (Å²) >= 11 is 8.20. The number of nitrogens with zero attached hydrogens (tertiary/aromatic N) is 3. The number of rotatable bonds is 5. The minimum Gasteiger partial charge on any atom is -0.340 e. The van der Waals surface area contributed by atoms with Crippen LogP contribution in [0.4, 0.5) is 5.69 Å². The minimum atomic E-state index is -0.113. The zero-order chi connectivity index (χ0) is 24.5. The van der Waals surface area contributed by atoms with E-state index in [1.165, 1.54) is 23.1 Å². The quantitative estimate of drug-likeness (QED) is 0.477. The van der Waals surface area contributed by atoms with E-state index in [1.54, 1.807) is 9.47 Å². The van der Waals surface area contributed by atoms with Gasteiger partial charge in [0.2, 0.25) is 0 Å². The van der Waals surface area contributed by atoms with E-state index >= 15 is 0 Å². The van der Waals surface area contributed by atoms with Crippen molar-refractivity contribution in [3.63, 3.8) is 0 Å². The summed E-state index contributed by atoms with van der Waals surface area (Å²) in [6.45, 7) is 5.80. The molecule has 1 aromatic heterocycles. The molecule has 178 valence electrons. The molecule has 2 aromatic carbocycles. The summed E-state index contributed by atoms with van der Waals surface area (Å²) in [6, 6.07) is 18.1. The molecule has 2 aliphatic heterocycles. The second-order valence-electron chi connectivity index (χ2n) is 8.29. The fourth-order valence-corrected chi connectivity index (χ4v) is 7.03. The lowest BCUT2D eigenvalue weighted by Gasteiger charge is -2.28. The van der Waals surface area contributed by atoms with Crippen LogP contribution in [0.25, 0.3) is 16.7 Å². The molecule has 35 heavy (non-hydrogen) atoms. The molecule has 5 rings (SSSR count). The highest BCUT2D eigenvalue weighted by atomic mass is 32.2. The lowest BCUT2D eigenvalue weighted by Crippen LogP contribution is -2.37. The maximum Gasteiger partial charge on any atom is 0.271 e. The third-order valence-electron chi connectivity index (χ3n) is 6.05. The van der Waals surface area contributed by atoms with E-state index in [2.05, 4.69) is 30.0 Å². The van der Waals surface area contributed by atoms with Crippen molar-refractivity contribution in [2.45, 2.75) is 26.8 Å². The first kappa shape index (κ1) is 23.8. The van der Waals surface area contributed by atoms with Crippen molar-refractivity contribution in [2.75, 3.05) is 18.0 Å². The lowest BCUT2D eigenvalue weighted by molar-refractivity contribution is -0.120. The van der Waals surface area contributed by atoms with Gasteiger partial charge in [-0.05, 0) is 36.6 Å². The standard InChI is InChI=1S/C27H25N3O2S3/c1-3-16-29-25(32)23(35-27(29)33)26-30(17-18-10-6-5-7-11-18)24(31)22(34-26)21-15-14-19-12-8-9-13-20(19)28(21)4-2/h5-15H,3-4,16-17H2,1-2H3/b22-21+,26-23-. The Balaban J connectivity index is 1.78. The highest BCUT2D eigenvalue weighted by Crippen LogP contribution is 2.32. The molecule has 0 N–H and O–H groups in total. The van der Waals surface area contributed by atoms with Crippen LogP contribution in [0.3, 0.4) is 0 Å². The smallest absolute Gasteiger partial charge is 0.271 e. The van der Waals surface area contributed by atoms with Crippen molar-refractivity contribution in [1.82, 2.24) is 9.47 Å². The molecule has 1 fully saturated rings. The number of anilines is 1. The van der Waals surface area contributed by atoms with Gasteiger partial charge in [-0.3, -0.25) is 19.1 Å². The fourth-order valence-electron chi connectivity index (χ4n) is 4.40. The number of hydrogen-bond donors (Lipinski definition) is 0. The average Bonchev–Trinajstić information content (AvgIpc) is 3.34. The number of carbonyl (C=O) groups excluding carboxylic acids is 1. The zero-order valence-corrected chi connectivity index (χ0v) is 22.0. The highest BCUT2D eigenvalue weighted by molar-refractivity contribution is 8.30. The van der Waals surface area contributed by atoms with E-state index in [1.807, 2.05) is 55.5 Å². The van der Waals surface area contributed by atoms with Gasteiger partial charge in [-0.1, -0.05) is 85.5 Å². The van der Waals surface area contributed by atoms with E-state index in [9.17, 15) is 9.59 Å². The van der Waals surface area contributed by atoms with Crippen molar-refractivity contribution in [3.8, 4) is 0 Å². The number of thioether (sulfide) groups is 1. The number of benzene rings is 2. The molecule has 1 saturated heterocycles. The third-order valence-corrected chi connectivity index (χ3v) is 8.82. The molecule has 3 aromatic rings. The predicted molar refractivity (Wildman–Crippen MR) is 151 cm³/mol. The number of thiazole rings is 1. The molecule has 0 spiro atoms. The van der Waals surface area contributed by atoms with E-state index < -0.39 is 0 Å². The zero-order valence-electron chi connectivity index (χ0n) is 19.6. The number of hydrogen-bond acceptors (Lipinski definition) is 6. The maximum atomic E-state index is 13.9. The van der Waals surface area contributed by atoms with E-state index in [-0.39, 0.29) is 11.5 Å². The SMILES string of the molecule is CCCN1C(=O)/C(=c2/s/c(=C3\C=Cc4ccccc4N3CC)c(=O)n2Cc2ccccc2)SC1=S.